The van der Waals surface area contributed by atoms with E-state index in [9.17, 15) is 14.4 Å². The molecule has 0 radical (unpaired) electrons. The molecule has 0 bridgehead atoms. The minimum atomic E-state index is -0.611. The molecule has 0 aliphatic rings. The monoisotopic (exact) mass is 380 g/mol. The number of aromatic nitrogens is 2. The minimum Gasteiger partial charge on any atom is -0.456 e. The molecule has 6 heteroatoms. The Morgan fingerprint density at radius 2 is 1.68 bits per heavy atom. The molecule has 146 valence electrons. The van der Waals surface area contributed by atoms with Gasteiger partial charge >= 0.3 is 11.7 Å². The topological polar surface area (TPSA) is 70.3 Å². The molecule has 6 nitrogen and oxygen atoms in total. The van der Waals surface area contributed by atoms with E-state index in [1.165, 1.54) is 4.57 Å². The molecule has 0 saturated heterocycles. The Balaban J connectivity index is 1.75. The SMILES string of the molecule is CCCn1c(=O)n(CC(=O)OCC(=O)c2cc(C)ccc2C)c2ccccc21. The number of ketones is 1. The summed E-state index contributed by atoms with van der Waals surface area (Å²) in [7, 11) is 0. The average Bonchev–Trinajstić information content (AvgIpc) is 2.94. The van der Waals surface area contributed by atoms with E-state index in [2.05, 4.69) is 0 Å². The van der Waals surface area contributed by atoms with Crippen LogP contribution in [0.1, 0.15) is 34.8 Å². The Morgan fingerprint density at radius 3 is 2.36 bits per heavy atom. The highest BCUT2D eigenvalue weighted by atomic mass is 16.5. The third-order valence-corrected chi connectivity index (χ3v) is 4.72. The second kappa shape index (κ2) is 8.25. The lowest BCUT2D eigenvalue weighted by Crippen LogP contribution is -2.28. The lowest BCUT2D eigenvalue weighted by molar-refractivity contribution is -0.143. The zero-order valence-corrected chi connectivity index (χ0v) is 16.4. The van der Waals surface area contributed by atoms with Crippen LogP contribution in [0, 0.1) is 13.8 Å². The Bertz CT molecular complexity index is 1090. The van der Waals surface area contributed by atoms with Gasteiger partial charge in [-0.25, -0.2) is 4.79 Å². The van der Waals surface area contributed by atoms with E-state index in [0.717, 1.165) is 23.1 Å². The zero-order chi connectivity index (χ0) is 20.3. The maximum atomic E-state index is 12.7. The van der Waals surface area contributed by atoms with Crippen molar-refractivity contribution >= 4 is 22.8 Å². The third-order valence-electron chi connectivity index (χ3n) is 4.72. The van der Waals surface area contributed by atoms with Gasteiger partial charge in [-0.15, -0.1) is 0 Å². The summed E-state index contributed by atoms with van der Waals surface area (Å²) in [5.41, 5.74) is 3.57. The number of hydrogen-bond acceptors (Lipinski definition) is 4. The average molecular weight is 380 g/mol. The second-order valence-electron chi connectivity index (χ2n) is 6.91. The summed E-state index contributed by atoms with van der Waals surface area (Å²) < 4.78 is 8.23. The largest absolute Gasteiger partial charge is 0.456 e. The molecule has 0 atom stereocenters. The third kappa shape index (κ3) is 3.91. The molecule has 0 unspecified atom stereocenters. The fourth-order valence-electron chi connectivity index (χ4n) is 3.30. The fourth-order valence-corrected chi connectivity index (χ4v) is 3.30. The molecule has 0 amide bonds. The van der Waals surface area contributed by atoms with E-state index in [4.69, 9.17) is 4.74 Å². The first kappa shape index (κ1) is 19.6. The van der Waals surface area contributed by atoms with Gasteiger partial charge in [-0.05, 0) is 44.0 Å². The quantitative estimate of drug-likeness (QED) is 0.466. The highest BCUT2D eigenvalue weighted by Crippen LogP contribution is 2.14. The highest BCUT2D eigenvalue weighted by Gasteiger charge is 2.17. The molecule has 0 aliphatic carbocycles. The maximum absolute atomic E-state index is 12.7. The summed E-state index contributed by atoms with van der Waals surface area (Å²) in [5.74, 6) is -0.865. The Morgan fingerprint density at radius 1 is 1.00 bits per heavy atom. The van der Waals surface area contributed by atoms with Crippen LogP contribution in [0.2, 0.25) is 0 Å². The summed E-state index contributed by atoms with van der Waals surface area (Å²) in [6, 6.07) is 12.9. The second-order valence-corrected chi connectivity index (χ2v) is 6.91. The molecule has 2 aromatic carbocycles. The maximum Gasteiger partial charge on any atom is 0.329 e. The standard InChI is InChI=1S/C22H24N2O4/c1-4-11-23-18-7-5-6-8-19(18)24(22(23)27)13-21(26)28-14-20(25)17-12-15(2)9-10-16(17)3/h5-10,12H,4,11,13-14H2,1-3H3. The molecule has 3 aromatic rings. The smallest absolute Gasteiger partial charge is 0.329 e. The molecule has 0 spiro atoms. The fraction of sp³-hybridized carbons (Fsp3) is 0.318. The molecule has 0 N–H and O–H groups in total. The Hall–Kier alpha value is -3.15. The summed E-state index contributed by atoms with van der Waals surface area (Å²) in [6.07, 6.45) is 0.808. The van der Waals surface area contributed by atoms with Gasteiger partial charge in [0, 0.05) is 12.1 Å². The van der Waals surface area contributed by atoms with Gasteiger partial charge < -0.3 is 4.74 Å². The highest BCUT2D eigenvalue weighted by molar-refractivity contribution is 5.99. The molecule has 0 saturated carbocycles. The first-order valence-electron chi connectivity index (χ1n) is 9.36. The van der Waals surface area contributed by atoms with Crippen molar-refractivity contribution < 1.29 is 14.3 Å². The van der Waals surface area contributed by atoms with Crippen molar-refractivity contribution in [3.63, 3.8) is 0 Å². The van der Waals surface area contributed by atoms with Crippen molar-refractivity contribution in [1.29, 1.82) is 0 Å². The predicted octanol–water partition coefficient (Wildman–Crippen LogP) is 3.26. The lowest BCUT2D eigenvalue weighted by Gasteiger charge is -2.08. The Kier molecular flexibility index (Phi) is 5.78. The number of esters is 1. The molecule has 1 aromatic heterocycles. The van der Waals surface area contributed by atoms with Gasteiger partial charge in [0.1, 0.15) is 6.54 Å². The molecular formula is C22H24N2O4. The van der Waals surface area contributed by atoms with Crippen LogP contribution in [0.15, 0.2) is 47.3 Å². The zero-order valence-electron chi connectivity index (χ0n) is 16.4. The van der Waals surface area contributed by atoms with Crippen LogP contribution in [0.3, 0.4) is 0 Å². The van der Waals surface area contributed by atoms with E-state index in [0.29, 0.717) is 17.6 Å². The van der Waals surface area contributed by atoms with Crippen molar-refractivity contribution in [2.24, 2.45) is 0 Å². The number of rotatable bonds is 7. The van der Waals surface area contributed by atoms with Crippen LogP contribution in [-0.2, 0) is 22.6 Å². The van der Waals surface area contributed by atoms with Crippen molar-refractivity contribution in [2.45, 2.75) is 40.3 Å². The van der Waals surface area contributed by atoms with Crippen molar-refractivity contribution in [3.05, 3.63) is 69.6 Å². The molecule has 3 rings (SSSR count). The number of carbonyl (C=O) groups excluding carboxylic acids is 2. The Labute approximate surface area is 163 Å². The first-order chi connectivity index (χ1) is 13.4. The van der Waals surface area contributed by atoms with Gasteiger partial charge in [0.2, 0.25) is 5.78 Å². The summed E-state index contributed by atoms with van der Waals surface area (Å²) >= 11 is 0. The van der Waals surface area contributed by atoms with Crippen LogP contribution >= 0.6 is 0 Å². The number of fused-ring (bicyclic) bond motifs is 1. The molecule has 1 heterocycles. The number of aryl methyl sites for hydroxylation is 3. The number of hydrogen-bond donors (Lipinski definition) is 0. The van der Waals surface area contributed by atoms with Gasteiger partial charge in [-0.3, -0.25) is 18.7 Å². The molecule has 0 fully saturated rings. The van der Waals surface area contributed by atoms with E-state index >= 15 is 0 Å². The number of carbonyl (C=O) groups is 2. The van der Waals surface area contributed by atoms with E-state index < -0.39 is 5.97 Å². The van der Waals surface area contributed by atoms with Gasteiger partial charge in [-0.2, -0.15) is 0 Å². The van der Waals surface area contributed by atoms with Crippen LogP contribution in [-0.4, -0.2) is 27.5 Å². The van der Waals surface area contributed by atoms with E-state index in [-0.39, 0.29) is 24.6 Å². The van der Waals surface area contributed by atoms with Crippen LogP contribution < -0.4 is 5.69 Å². The van der Waals surface area contributed by atoms with E-state index in [1.807, 2.05) is 51.1 Å². The summed E-state index contributed by atoms with van der Waals surface area (Å²) in [4.78, 5) is 37.4. The summed E-state index contributed by atoms with van der Waals surface area (Å²) in [5, 5.41) is 0. The van der Waals surface area contributed by atoms with Gasteiger partial charge in [0.25, 0.3) is 0 Å². The molecule has 28 heavy (non-hydrogen) atoms. The van der Waals surface area contributed by atoms with Crippen LogP contribution in [0.25, 0.3) is 11.0 Å². The number of para-hydroxylation sites is 2. The van der Waals surface area contributed by atoms with Gasteiger partial charge in [0.15, 0.2) is 6.61 Å². The minimum absolute atomic E-state index is 0.226. The summed E-state index contributed by atoms with van der Waals surface area (Å²) in [6.45, 7) is 5.75. The number of ether oxygens (including phenoxy) is 1. The lowest BCUT2D eigenvalue weighted by atomic mass is 10.0. The van der Waals surface area contributed by atoms with Crippen molar-refractivity contribution in [2.75, 3.05) is 6.61 Å². The molecular weight excluding hydrogens is 356 g/mol. The number of imidazole rings is 1. The first-order valence-corrected chi connectivity index (χ1v) is 9.36. The van der Waals surface area contributed by atoms with Crippen molar-refractivity contribution in [3.8, 4) is 0 Å². The number of benzene rings is 2. The number of nitrogens with zero attached hydrogens (tertiary/aromatic N) is 2. The number of Topliss-reactive ketones (excluding diaryl/α,β-unsaturated/α-hetero) is 1. The van der Waals surface area contributed by atoms with E-state index in [1.54, 1.807) is 16.7 Å². The molecule has 0 aliphatic heterocycles. The normalized spacial score (nSPS) is 11.0. The van der Waals surface area contributed by atoms with Crippen LogP contribution in [0.4, 0.5) is 0 Å². The predicted molar refractivity (Wildman–Crippen MR) is 108 cm³/mol. The van der Waals surface area contributed by atoms with Crippen LogP contribution in [0.5, 0.6) is 0 Å². The van der Waals surface area contributed by atoms with Gasteiger partial charge in [-0.1, -0.05) is 36.8 Å². The van der Waals surface area contributed by atoms with Gasteiger partial charge in [0.05, 0.1) is 11.0 Å². The van der Waals surface area contributed by atoms with Crippen molar-refractivity contribution in [1.82, 2.24) is 9.13 Å².